The topological polar surface area (TPSA) is 64.3 Å². The summed E-state index contributed by atoms with van der Waals surface area (Å²) in [5.74, 6) is 1.03. The molecule has 0 aromatic heterocycles. The van der Waals surface area contributed by atoms with E-state index >= 15 is 0 Å². The molecule has 2 rings (SSSR count). The smallest absolute Gasteiger partial charge is 0.258 e. The number of amides is 1. The largest absolute Gasteiger partial charge is 0.484 e. The third-order valence-corrected chi connectivity index (χ3v) is 4.06. The molecule has 1 saturated carbocycles. The van der Waals surface area contributed by atoms with E-state index in [0.29, 0.717) is 23.2 Å². The highest BCUT2D eigenvalue weighted by Crippen LogP contribution is 2.38. The molecule has 1 unspecified atom stereocenters. The fraction of sp³-hybridized carbons (Fsp3) is 0.533. The monoisotopic (exact) mass is 296 g/mol. The highest BCUT2D eigenvalue weighted by molar-refractivity contribution is 6.30. The summed E-state index contributed by atoms with van der Waals surface area (Å²) in [6, 6.07) is 5.33. The van der Waals surface area contributed by atoms with Crippen LogP contribution < -0.4 is 15.8 Å². The summed E-state index contributed by atoms with van der Waals surface area (Å²) >= 11 is 5.88. The Labute approximate surface area is 124 Å². The van der Waals surface area contributed by atoms with E-state index in [4.69, 9.17) is 22.1 Å². The number of hydrogen-bond donors (Lipinski definition) is 2. The third kappa shape index (κ3) is 3.64. The van der Waals surface area contributed by atoms with Crippen LogP contribution in [0.25, 0.3) is 0 Å². The minimum absolute atomic E-state index is 0.00914. The quantitative estimate of drug-likeness (QED) is 0.846. The van der Waals surface area contributed by atoms with Gasteiger partial charge in [0, 0.05) is 11.6 Å². The van der Waals surface area contributed by atoms with Crippen molar-refractivity contribution in [3.05, 3.63) is 28.8 Å². The first kappa shape index (κ1) is 15.1. The number of ether oxygens (including phenoxy) is 1. The number of hydrogen-bond acceptors (Lipinski definition) is 3. The molecule has 20 heavy (non-hydrogen) atoms. The molecule has 0 aliphatic heterocycles. The van der Waals surface area contributed by atoms with Gasteiger partial charge in [-0.25, -0.2) is 0 Å². The van der Waals surface area contributed by atoms with Crippen LogP contribution in [0.2, 0.25) is 5.02 Å². The number of nitrogens with two attached hydrogens (primary N) is 1. The van der Waals surface area contributed by atoms with E-state index in [1.165, 1.54) is 0 Å². The third-order valence-electron chi connectivity index (χ3n) is 3.82. The van der Waals surface area contributed by atoms with E-state index in [1.54, 1.807) is 12.1 Å². The molecule has 4 nitrogen and oxygen atoms in total. The number of halogens is 1. The summed E-state index contributed by atoms with van der Waals surface area (Å²) in [6.45, 7) is 4.33. The van der Waals surface area contributed by atoms with E-state index < -0.39 is 0 Å². The van der Waals surface area contributed by atoms with E-state index in [-0.39, 0.29) is 18.1 Å². The molecule has 1 aromatic rings. The van der Waals surface area contributed by atoms with Crippen LogP contribution in [-0.4, -0.2) is 24.6 Å². The minimum Gasteiger partial charge on any atom is -0.484 e. The van der Waals surface area contributed by atoms with Crippen LogP contribution in [0.4, 0.5) is 0 Å². The van der Waals surface area contributed by atoms with Gasteiger partial charge in [-0.05, 0) is 56.4 Å². The molecule has 0 spiro atoms. The lowest BCUT2D eigenvalue weighted by Gasteiger charge is -2.29. The van der Waals surface area contributed by atoms with Crippen LogP contribution in [-0.2, 0) is 4.79 Å². The molecule has 0 saturated heterocycles. The maximum absolute atomic E-state index is 12.0. The number of rotatable bonds is 6. The summed E-state index contributed by atoms with van der Waals surface area (Å²) in [5.41, 5.74) is 6.38. The van der Waals surface area contributed by atoms with Crippen molar-refractivity contribution in [1.29, 1.82) is 0 Å². The lowest BCUT2D eigenvalue weighted by atomic mass is 9.96. The molecule has 1 aliphatic rings. The summed E-state index contributed by atoms with van der Waals surface area (Å²) < 4.78 is 5.53. The maximum atomic E-state index is 12.0. The molecule has 1 fully saturated rings. The van der Waals surface area contributed by atoms with Crippen LogP contribution in [0.5, 0.6) is 5.75 Å². The molecule has 1 atom stereocenters. The van der Waals surface area contributed by atoms with Crippen molar-refractivity contribution >= 4 is 17.5 Å². The summed E-state index contributed by atoms with van der Waals surface area (Å²) in [5, 5.41) is 3.65. The first-order valence-corrected chi connectivity index (χ1v) is 7.22. The van der Waals surface area contributed by atoms with Crippen molar-refractivity contribution in [3.8, 4) is 5.75 Å². The Morgan fingerprint density at radius 2 is 2.25 bits per heavy atom. The number of nitrogens with one attached hydrogen (secondary N) is 1. The molecule has 5 heteroatoms. The number of benzene rings is 1. The van der Waals surface area contributed by atoms with Crippen LogP contribution in [0.1, 0.15) is 25.3 Å². The standard InChI is InChI=1S/C15H21ClN2O2/c1-10-7-12(16)5-6-13(10)20-8-14(19)18-15(2,9-17)11-3-4-11/h5-7,11H,3-4,8-9,17H2,1-2H3,(H,18,19). The summed E-state index contributed by atoms with van der Waals surface area (Å²) in [7, 11) is 0. The molecule has 1 aromatic carbocycles. The number of carbonyl (C=O) groups is 1. The summed E-state index contributed by atoms with van der Waals surface area (Å²) in [4.78, 5) is 12.0. The molecule has 1 amide bonds. The average Bonchev–Trinajstić information content (AvgIpc) is 3.22. The zero-order valence-electron chi connectivity index (χ0n) is 11.9. The van der Waals surface area contributed by atoms with E-state index in [1.807, 2.05) is 19.9 Å². The Kier molecular flexibility index (Phi) is 4.55. The molecule has 3 N–H and O–H groups in total. The second-order valence-electron chi connectivity index (χ2n) is 5.64. The number of aryl methyl sites for hydroxylation is 1. The van der Waals surface area contributed by atoms with Gasteiger partial charge in [-0.3, -0.25) is 4.79 Å². The van der Waals surface area contributed by atoms with Gasteiger partial charge in [0.15, 0.2) is 6.61 Å². The van der Waals surface area contributed by atoms with Crippen LogP contribution in [0.15, 0.2) is 18.2 Å². The van der Waals surface area contributed by atoms with Gasteiger partial charge >= 0.3 is 0 Å². The van der Waals surface area contributed by atoms with Gasteiger partial charge in [-0.15, -0.1) is 0 Å². The fourth-order valence-corrected chi connectivity index (χ4v) is 2.54. The van der Waals surface area contributed by atoms with Gasteiger partial charge in [-0.2, -0.15) is 0 Å². The summed E-state index contributed by atoms with van der Waals surface area (Å²) in [6.07, 6.45) is 2.26. The molecular weight excluding hydrogens is 276 g/mol. The predicted octanol–water partition coefficient (Wildman–Crippen LogP) is 2.27. The second kappa shape index (κ2) is 6.02. The van der Waals surface area contributed by atoms with Crippen LogP contribution in [0, 0.1) is 12.8 Å². The van der Waals surface area contributed by atoms with Gasteiger partial charge in [-0.1, -0.05) is 11.6 Å². The minimum atomic E-state index is -0.310. The van der Waals surface area contributed by atoms with Crippen molar-refractivity contribution in [2.75, 3.05) is 13.2 Å². The lowest BCUT2D eigenvalue weighted by Crippen LogP contribution is -2.54. The van der Waals surface area contributed by atoms with Gasteiger partial charge in [0.05, 0.1) is 5.54 Å². The molecule has 0 radical (unpaired) electrons. The van der Waals surface area contributed by atoms with Crippen molar-refractivity contribution in [2.24, 2.45) is 11.7 Å². The van der Waals surface area contributed by atoms with Gasteiger partial charge in [0.2, 0.25) is 0 Å². The predicted molar refractivity (Wildman–Crippen MR) is 80.0 cm³/mol. The lowest BCUT2D eigenvalue weighted by molar-refractivity contribution is -0.125. The van der Waals surface area contributed by atoms with Crippen LogP contribution >= 0.6 is 11.6 Å². The van der Waals surface area contributed by atoms with E-state index in [2.05, 4.69) is 5.32 Å². The normalized spacial score (nSPS) is 17.4. The maximum Gasteiger partial charge on any atom is 0.258 e. The average molecular weight is 297 g/mol. The second-order valence-corrected chi connectivity index (χ2v) is 6.08. The van der Waals surface area contributed by atoms with Gasteiger partial charge < -0.3 is 15.8 Å². The fourth-order valence-electron chi connectivity index (χ4n) is 2.31. The zero-order chi connectivity index (χ0) is 14.8. The van der Waals surface area contributed by atoms with Gasteiger partial charge in [0.25, 0.3) is 5.91 Å². The van der Waals surface area contributed by atoms with E-state index in [9.17, 15) is 4.79 Å². The SMILES string of the molecule is Cc1cc(Cl)ccc1OCC(=O)NC(C)(CN)C1CC1. The zero-order valence-corrected chi connectivity index (χ0v) is 12.7. The molecule has 0 bridgehead atoms. The molecule has 110 valence electrons. The first-order valence-electron chi connectivity index (χ1n) is 6.84. The Morgan fingerprint density at radius 1 is 1.55 bits per heavy atom. The van der Waals surface area contributed by atoms with Gasteiger partial charge in [0.1, 0.15) is 5.75 Å². The van der Waals surface area contributed by atoms with Crippen molar-refractivity contribution < 1.29 is 9.53 Å². The van der Waals surface area contributed by atoms with E-state index in [0.717, 1.165) is 18.4 Å². The number of carbonyl (C=O) groups excluding carboxylic acids is 1. The van der Waals surface area contributed by atoms with Crippen molar-refractivity contribution in [3.63, 3.8) is 0 Å². The molecule has 0 heterocycles. The Morgan fingerprint density at radius 3 is 2.80 bits per heavy atom. The van der Waals surface area contributed by atoms with Crippen LogP contribution in [0.3, 0.4) is 0 Å². The Balaban J connectivity index is 1.88. The molecular formula is C15H21ClN2O2. The Hall–Kier alpha value is -1.26. The first-order chi connectivity index (χ1) is 9.44. The Bertz CT molecular complexity index is 503. The highest BCUT2D eigenvalue weighted by Gasteiger charge is 2.41. The highest BCUT2D eigenvalue weighted by atomic mass is 35.5. The molecule has 1 aliphatic carbocycles. The van der Waals surface area contributed by atoms with Crippen molar-refractivity contribution in [2.45, 2.75) is 32.2 Å². The van der Waals surface area contributed by atoms with Crippen molar-refractivity contribution in [1.82, 2.24) is 5.32 Å².